The van der Waals surface area contributed by atoms with Crippen LogP contribution in [0, 0.1) is 10.1 Å². The minimum absolute atomic E-state index is 0.130. The van der Waals surface area contributed by atoms with Crippen molar-refractivity contribution in [2.75, 3.05) is 24.2 Å². The molecular formula is C12H17N7O2. The molecule has 9 nitrogen and oxygen atoms in total. The SMILES string of the molecule is CNc1ncnc(NCCCCn2ccnc2)c1[N+](=O)[O-]. The predicted molar refractivity (Wildman–Crippen MR) is 78.2 cm³/mol. The zero-order valence-corrected chi connectivity index (χ0v) is 11.7. The Morgan fingerprint density at radius 1 is 1.33 bits per heavy atom. The summed E-state index contributed by atoms with van der Waals surface area (Å²) in [5, 5.41) is 16.8. The van der Waals surface area contributed by atoms with E-state index in [9.17, 15) is 10.1 Å². The molecule has 0 amide bonds. The molecule has 0 fully saturated rings. The van der Waals surface area contributed by atoms with Crippen molar-refractivity contribution < 1.29 is 4.92 Å². The number of hydrogen-bond acceptors (Lipinski definition) is 7. The fourth-order valence-electron chi connectivity index (χ4n) is 1.91. The van der Waals surface area contributed by atoms with E-state index >= 15 is 0 Å². The van der Waals surface area contributed by atoms with Crippen LogP contribution in [0.3, 0.4) is 0 Å². The minimum atomic E-state index is -0.486. The number of aryl methyl sites for hydroxylation is 1. The van der Waals surface area contributed by atoms with E-state index in [1.807, 2.05) is 10.8 Å². The van der Waals surface area contributed by atoms with Crippen LogP contribution in [0.4, 0.5) is 17.3 Å². The second kappa shape index (κ2) is 7.17. The van der Waals surface area contributed by atoms with E-state index in [0.29, 0.717) is 6.54 Å². The highest BCUT2D eigenvalue weighted by Gasteiger charge is 2.21. The molecule has 21 heavy (non-hydrogen) atoms. The summed E-state index contributed by atoms with van der Waals surface area (Å²) in [4.78, 5) is 22.3. The summed E-state index contributed by atoms with van der Waals surface area (Å²) in [6.45, 7) is 1.48. The van der Waals surface area contributed by atoms with Gasteiger partial charge in [0.1, 0.15) is 6.33 Å². The number of nitrogens with one attached hydrogen (secondary N) is 2. The van der Waals surface area contributed by atoms with Crippen LogP contribution in [0.1, 0.15) is 12.8 Å². The van der Waals surface area contributed by atoms with Crippen LogP contribution in [0.5, 0.6) is 0 Å². The molecule has 0 bridgehead atoms. The van der Waals surface area contributed by atoms with Crippen LogP contribution >= 0.6 is 0 Å². The molecule has 0 unspecified atom stereocenters. The molecule has 0 saturated carbocycles. The first kappa shape index (κ1) is 14.7. The lowest BCUT2D eigenvalue weighted by atomic mass is 10.3. The number of hydrogen-bond donors (Lipinski definition) is 2. The molecule has 0 spiro atoms. The van der Waals surface area contributed by atoms with Gasteiger partial charge in [0, 0.05) is 32.5 Å². The van der Waals surface area contributed by atoms with Crippen molar-refractivity contribution >= 4 is 17.3 Å². The quantitative estimate of drug-likeness (QED) is 0.431. The van der Waals surface area contributed by atoms with Crippen molar-refractivity contribution in [3.8, 4) is 0 Å². The summed E-state index contributed by atoms with van der Waals surface area (Å²) in [5.41, 5.74) is -0.130. The molecule has 2 aromatic rings. The maximum Gasteiger partial charge on any atom is 0.353 e. The third-order valence-electron chi connectivity index (χ3n) is 2.94. The molecule has 2 aromatic heterocycles. The Morgan fingerprint density at radius 3 is 2.81 bits per heavy atom. The molecule has 0 atom stereocenters. The van der Waals surface area contributed by atoms with Crippen LogP contribution in [-0.2, 0) is 6.54 Å². The van der Waals surface area contributed by atoms with E-state index in [1.165, 1.54) is 6.33 Å². The van der Waals surface area contributed by atoms with E-state index < -0.39 is 4.92 Å². The normalized spacial score (nSPS) is 10.3. The average Bonchev–Trinajstić information content (AvgIpc) is 2.99. The van der Waals surface area contributed by atoms with Gasteiger partial charge in [0.15, 0.2) is 0 Å². The maximum absolute atomic E-state index is 11.1. The summed E-state index contributed by atoms with van der Waals surface area (Å²) < 4.78 is 1.99. The van der Waals surface area contributed by atoms with E-state index in [1.54, 1.807) is 19.6 Å². The van der Waals surface area contributed by atoms with Gasteiger partial charge in [-0.25, -0.2) is 15.0 Å². The van der Waals surface area contributed by atoms with E-state index in [0.717, 1.165) is 19.4 Å². The van der Waals surface area contributed by atoms with Crippen molar-refractivity contribution in [2.45, 2.75) is 19.4 Å². The first-order chi connectivity index (χ1) is 10.2. The molecule has 0 radical (unpaired) electrons. The number of aromatic nitrogens is 4. The zero-order chi connectivity index (χ0) is 15.1. The van der Waals surface area contributed by atoms with Crippen molar-refractivity contribution in [3.63, 3.8) is 0 Å². The largest absolute Gasteiger partial charge is 0.367 e. The van der Waals surface area contributed by atoms with Crippen LogP contribution in [0.2, 0.25) is 0 Å². The number of nitro groups is 1. The number of rotatable bonds is 8. The Labute approximate surface area is 121 Å². The minimum Gasteiger partial charge on any atom is -0.367 e. The first-order valence-corrected chi connectivity index (χ1v) is 6.59. The average molecular weight is 291 g/mol. The van der Waals surface area contributed by atoms with E-state index in [4.69, 9.17) is 0 Å². The fraction of sp³-hybridized carbons (Fsp3) is 0.417. The standard InChI is InChI=1S/C12H17N7O2/c1-13-11-10(19(20)21)12(17-8-16-11)15-4-2-3-6-18-7-5-14-9-18/h5,7-9H,2-4,6H2,1H3,(H2,13,15,16,17). The summed E-state index contributed by atoms with van der Waals surface area (Å²) in [7, 11) is 1.59. The molecular weight excluding hydrogens is 274 g/mol. The second-order valence-corrected chi connectivity index (χ2v) is 4.36. The third kappa shape index (κ3) is 3.88. The van der Waals surface area contributed by atoms with Crippen LogP contribution in [-0.4, -0.2) is 38.0 Å². The van der Waals surface area contributed by atoms with Gasteiger partial charge in [-0.15, -0.1) is 0 Å². The lowest BCUT2D eigenvalue weighted by molar-refractivity contribution is -0.383. The highest BCUT2D eigenvalue weighted by Crippen LogP contribution is 2.28. The van der Waals surface area contributed by atoms with Crippen molar-refractivity contribution in [2.24, 2.45) is 0 Å². The smallest absolute Gasteiger partial charge is 0.353 e. The lowest BCUT2D eigenvalue weighted by Gasteiger charge is -2.08. The fourth-order valence-corrected chi connectivity index (χ4v) is 1.91. The lowest BCUT2D eigenvalue weighted by Crippen LogP contribution is -2.09. The molecule has 112 valence electrons. The second-order valence-electron chi connectivity index (χ2n) is 4.36. The Kier molecular flexibility index (Phi) is 5.02. The van der Waals surface area contributed by atoms with Gasteiger partial charge >= 0.3 is 5.69 Å². The highest BCUT2D eigenvalue weighted by atomic mass is 16.6. The summed E-state index contributed by atoms with van der Waals surface area (Å²) in [6.07, 6.45) is 8.52. The molecule has 0 aliphatic rings. The maximum atomic E-state index is 11.1. The monoisotopic (exact) mass is 291 g/mol. The molecule has 9 heteroatoms. The number of nitrogens with zero attached hydrogens (tertiary/aromatic N) is 5. The summed E-state index contributed by atoms with van der Waals surface area (Å²) >= 11 is 0. The van der Waals surface area contributed by atoms with E-state index in [2.05, 4.69) is 25.6 Å². The summed E-state index contributed by atoms with van der Waals surface area (Å²) in [5.74, 6) is 0.442. The van der Waals surface area contributed by atoms with Crippen molar-refractivity contribution in [1.82, 2.24) is 19.5 Å². The molecule has 0 aromatic carbocycles. The van der Waals surface area contributed by atoms with E-state index in [-0.39, 0.29) is 17.3 Å². The van der Waals surface area contributed by atoms with Gasteiger partial charge in [0.25, 0.3) is 0 Å². The van der Waals surface area contributed by atoms with Crippen molar-refractivity contribution in [3.05, 3.63) is 35.2 Å². The molecule has 0 saturated heterocycles. The molecule has 2 heterocycles. The van der Waals surface area contributed by atoms with Gasteiger partial charge in [-0.05, 0) is 12.8 Å². The molecule has 2 N–H and O–H groups in total. The zero-order valence-electron chi connectivity index (χ0n) is 11.7. The van der Waals surface area contributed by atoms with Gasteiger partial charge < -0.3 is 15.2 Å². The molecule has 0 aliphatic carbocycles. The van der Waals surface area contributed by atoms with Crippen molar-refractivity contribution in [1.29, 1.82) is 0 Å². The Bertz CT molecular complexity index is 585. The Morgan fingerprint density at radius 2 is 2.14 bits per heavy atom. The predicted octanol–water partition coefficient (Wildman–Crippen LogP) is 1.52. The number of unbranched alkanes of at least 4 members (excludes halogenated alkanes) is 1. The molecule has 2 rings (SSSR count). The Hall–Kier alpha value is -2.71. The number of anilines is 2. The van der Waals surface area contributed by atoms with Gasteiger partial charge in [0.2, 0.25) is 11.6 Å². The van der Waals surface area contributed by atoms with Gasteiger partial charge in [-0.1, -0.05) is 0 Å². The number of imidazole rings is 1. The molecule has 0 aliphatic heterocycles. The summed E-state index contributed by atoms with van der Waals surface area (Å²) in [6, 6.07) is 0. The van der Waals surface area contributed by atoms with Gasteiger partial charge in [-0.2, -0.15) is 0 Å². The van der Waals surface area contributed by atoms with Crippen LogP contribution in [0.15, 0.2) is 25.0 Å². The first-order valence-electron chi connectivity index (χ1n) is 6.59. The Balaban J connectivity index is 1.86. The highest BCUT2D eigenvalue weighted by molar-refractivity contribution is 5.68. The van der Waals surface area contributed by atoms with Gasteiger partial charge in [0.05, 0.1) is 11.3 Å². The van der Waals surface area contributed by atoms with Crippen LogP contribution < -0.4 is 10.6 Å². The van der Waals surface area contributed by atoms with Crippen LogP contribution in [0.25, 0.3) is 0 Å². The third-order valence-corrected chi connectivity index (χ3v) is 2.94. The topological polar surface area (TPSA) is 111 Å². The van der Waals surface area contributed by atoms with Gasteiger partial charge in [-0.3, -0.25) is 10.1 Å².